The van der Waals surface area contributed by atoms with Gasteiger partial charge in [0.2, 0.25) is 5.82 Å². The smallest absolute Gasteiger partial charge is 0.258 e. The van der Waals surface area contributed by atoms with Gasteiger partial charge in [0.15, 0.2) is 0 Å². The van der Waals surface area contributed by atoms with Gasteiger partial charge in [0.25, 0.3) is 11.6 Å². The van der Waals surface area contributed by atoms with Crippen molar-refractivity contribution in [2.75, 3.05) is 5.32 Å². The number of carbonyl (C=O) groups excluding carboxylic acids is 1. The van der Waals surface area contributed by atoms with Crippen molar-refractivity contribution in [3.8, 4) is 11.4 Å². The van der Waals surface area contributed by atoms with Gasteiger partial charge in [-0.25, -0.2) is 4.98 Å². The average Bonchev–Trinajstić information content (AvgIpc) is 3.29. The summed E-state index contributed by atoms with van der Waals surface area (Å²) >= 11 is 0. The number of fused-ring (bicyclic) bond motifs is 1. The summed E-state index contributed by atoms with van der Waals surface area (Å²) in [5, 5.41) is 19.7. The van der Waals surface area contributed by atoms with Crippen LogP contribution >= 0.6 is 0 Å². The molecule has 1 N–H and O–H groups in total. The van der Waals surface area contributed by atoms with Gasteiger partial charge in [-0.15, -0.1) is 10.2 Å². The zero-order chi connectivity index (χ0) is 18.1. The summed E-state index contributed by atoms with van der Waals surface area (Å²) in [6, 6.07) is 10.6. The van der Waals surface area contributed by atoms with Gasteiger partial charge in [-0.3, -0.25) is 4.79 Å². The number of benzene rings is 1. The zero-order valence-electron chi connectivity index (χ0n) is 14.1. The van der Waals surface area contributed by atoms with Crippen molar-refractivity contribution in [1.29, 1.82) is 0 Å². The Hall–Kier alpha value is -3.62. The predicted molar refractivity (Wildman–Crippen MR) is 93.1 cm³/mol. The molecule has 3 heterocycles. The van der Waals surface area contributed by atoms with Gasteiger partial charge in [-0.1, -0.05) is 35.5 Å². The minimum absolute atomic E-state index is 0.280. The van der Waals surface area contributed by atoms with Crippen molar-refractivity contribution in [1.82, 2.24) is 30.3 Å². The van der Waals surface area contributed by atoms with Crippen LogP contribution in [0.2, 0.25) is 0 Å². The van der Waals surface area contributed by atoms with Crippen molar-refractivity contribution in [2.45, 2.75) is 19.9 Å². The molecule has 1 aromatic carbocycles. The lowest BCUT2D eigenvalue weighted by molar-refractivity contribution is -0.119. The van der Waals surface area contributed by atoms with Crippen LogP contribution in [0.3, 0.4) is 0 Å². The lowest BCUT2D eigenvalue weighted by Gasteiger charge is -2.10. The first kappa shape index (κ1) is 15.9. The maximum Gasteiger partial charge on any atom is 0.258 e. The van der Waals surface area contributed by atoms with Crippen LogP contribution in [0.5, 0.6) is 0 Å². The quantitative estimate of drug-likeness (QED) is 0.602. The van der Waals surface area contributed by atoms with E-state index in [4.69, 9.17) is 4.52 Å². The molecule has 4 rings (SSSR count). The Balaban J connectivity index is 1.52. The number of aromatic nitrogens is 6. The van der Waals surface area contributed by atoms with Gasteiger partial charge in [-0.2, -0.15) is 4.80 Å². The van der Waals surface area contributed by atoms with E-state index in [0.717, 1.165) is 10.9 Å². The highest BCUT2D eigenvalue weighted by Crippen LogP contribution is 2.20. The molecule has 0 unspecified atom stereocenters. The van der Waals surface area contributed by atoms with Crippen molar-refractivity contribution >= 4 is 22.7 Å². The number of pyridine rings is 1. The van der Waals surface area contributed by atoms with Gasteiger partial charge in [0.1, 0.15) is 6.04 Å². The number of amides is 1. The van der Waals surface area contributed by atoms with Crippen LogP contribution in [-0.4, -0.2) is 36.3 Å². The minimum Gasteiger partial charge on any atom is -0.336 e. The van der Waals surface area contributed by atoms with Crippen molar-refractivity contribution in [2.24, 2.45) is 0 Å². The molecule has 0 fully saturated rings. The summed E-state index contributed by atoms with van der Waals surface area (Å²) in [7, 11) is 0. The normalized spacial score (nSPS) is 12.2. The van der Waals surface area contributed by atoms with E-state index in [9.17, 15) is 4.79 Å². The van der Waals surface area contributed by atoms with Gasteiger partial charge in [0.05, 0.1) is 23.0 Å². The van der Waals surface area contributed by atoms with Gasteiger partial charge >= 0.3 is 0 Å². The Kier molecular flexibility index (Phi) is 3.88. The Bertz CT molecular complexity index is 1070. The molecule has 0 radical (unpaired) electrons. The van der Waals surface area contributed by atoms with Crippen LogP contribution in [0, 0.1) is 6.92 Å². The number of aryl methyl sites for hydroxylation is 1. The maximum atomic E-state index is 12.5. The maximum absolute atomic E-state index is 12.5. The standard InChI is InChI=1S/C17H15N7O2/c1-10-14-8-13(9-18-17(14)26-22-10)19-16(25)11(2)24-21-15(20-23-24)12-6-4-3-5-7-12/h3-9,11H,1-2H3,(H,19,25)/t11-/m1/s1. The molecule has 0 aliphatic heterocycles. The van der Waals surface area contributed by atoms with Crippen LogP contribution < -0.4 is 5.32 Å². The summed E-state index contributed by atoms with van der Waals surface area (Å²) in [6.07, 6.45) is 1.52. The van der Waals surface area contributed by atoms with Crippen molar-refractivity contribution in [3.63, 3.8) is 0 Å². The largest absolute Gasteiger partial charge is 0.336 e. The second kappa shape index (κ2) is 6.36. The molecule has 0 saturated carbocycles. The van der Waals surface area contributed by atoms with E-state index >= 15 is 0 Å². The molecule has 0 spiro atoms. The number of rotatable bonds is 4. The van der Waals surface area contributed by atoms with Gasteiger partial charge < -0.3 is 9.84 Å². The van der Waals surface area contributed by atoms with E-state index in [2.05, 4.69) is 30.9 Å². The van der Waals surface area contributed by atoms with E-state index < -0.39 is 6.04 Å². The highest BCUT2D eigenvalue weighted by atomic mass is 16.5. The SMILES string of the molecule is Cc1noc2ncc(NC(=O)[C@@H](C)n3nnc(-c4ccccc4)n3)cc12. The molecule has 0 aliphatic carbocycles. The molecule has 9 nitrogen and oxygen atoms in total. The lowest BCUT2D eigenvalue weighted by Crippen LogP contribution is -2.25. The van der Waals surface area contributed by atoms with Gasteiger partial charge in [-0.05, 0) is 25.1 Å². The van der Waals surface area contributed by atoms with E-state index in [1.54, 1.807) is 13.0 Å². The number of nitrogens with zero attached hydrogens (tertiary/aromatic N) is 6. The first-order chi connectivity index (χ1) is 12.6. The summed E-state index contributed by atoms with van der Waals surface area (Å²) in [5.41, 5.74) is 2.52. The molecule has 0 aliphatic rings. The molecule has 0 saturated heterocycles. The second-order valence-electron chi connectivity index (χ2n) is 5.81. The number of hydrogen-bond acceptors (Lipinski definition) is 7. The monoisotopic (exact) mass is 349 g/mol. The average molecular weight is 349 g/mol. The van der Waals surface area contributed by atoms with Crippen molar-refractivity contribution < 1.29 is 9.32 Å². The first-order valence-corrected chi connectivity index (χ1v) is 7.99. The molecule has 9 heteroatoms. The van der Waals surface area contributed by atoms with Gasteiger partial charge in [0, 0.05) is 5.56 Å². The number of tetrazole rings is 1. The lowest BCUT2D eigenvalue weighted by atomic mass is 10.2. The molecule has 26 heavy (non-hydrogen) atoms. The Morgan fingerprint density at radius 2 is 2.08 bits per heavy atom. The molecule has 3 aromatic heterocycles. The van der Waals surface area contributed by atoms with E-state index in [1.165, 1.54) is 11.0 Å². The summed E-state index contributed by atoms with van der Waals surface area (Å²) in [6.45, 7) is 3.51. The third kappa shape index (κ3) is 2.90. The Labute approximate surface area is 148 Å². The first-order valence-electron chi connectivity index (χ1n) is 7.99. The highest BCUT2D eigenvalue weighted by molar-refractivity contribution is 5.94. The molecule has 1 atom stereocenters. The summed E-state index contributed by atoms with van der Waals surface area (Å²) < 4.78 is 5.06. The van der Waals surface area contributed by atoms with Crippen LogP contribution in [0.25, 0.3) is 22.5 Å². The van der Waals surface area contributed by atoms with Crippen LogP contribution in [0.1, 0.15) is 18.7 Å². The van der Waals surface area contributed by atoms with E-state index in [0.29, 0.717) is 22.9 Å². The topological polar surface area (TPSA) is 112 Å². The molecular weight excluding hydrogens is 334 g/mol. The second-order valence-corrected chi connectivity index (χ2v) is 5.81. The van der Waals surface area contributed by atoms with E-state index in [-0.39, 0.29) is 5.91 Å². The zero-order valence-corrected chi connectivity index (χ0v) is 14.1. The fourth-order valence-electron chi connectivity index (χ4n) is 2.46. The molecular formula is C17H15N7O2. The van der Waals surface area contributed by atoms with Crippen LogP contribution in [0.15, 0.2) is 47.1 Å². The summed E-state index contributed by atoms with van der Waals surface area (Å²) in [4.78, 5) is 17.9. The predicted octanol–water partition coefficient (Wildman–Crippen LogP) is 2.38. The van der Waals surface area contributed by atoms with Crippen LogP contribution in [-0.2, 0) is 4.79 Å². The molecule has 4 aromatic rings. The number of nitrogens with one attached hydrogen (secondary N) is 1. The number of hydrogen-bond donors (Lipinski definition) is 1. The summed E-state index contributed by atoms with van der Waals surface area (Å²) in [5.74, 6) is 0.186. The minimum atomic E-state index is -0.640. The fraction of sp³-hybridized carbons (Fsp3) is 0.176. The molecule has 0 bridgehead atoms. The third-order valence-corrected chi connectivity index (χ3v) is 3.96. The van der Waals surface area contributed by atoms with Crippen LogP contribution in [0.4, 0.5) is 5.69 Å². The Morgan fingerprint density at radius 1 is 1.27 bits per heavy atom. The molecule has 1 amide bonds. The number of anilines is 1. The fourth-order valence-corrected chi connectivity index (χ4v) is 2.46. The molecule has 130 valence electrons. The van der Waals surface area contributed by atoms with E-state index in [1.807, 2.05) is 37.3 Å². The third-order valence-electron chi connectivity index (χ3n) is 3.96. The van der Waals surface area contributed by atoms with Crippen molar-refractivity contribution in [3.05, 3.63) is 48.3 Å². The highest BCUT2D eigenvalue weighted by Gasteiger charge is 2.19. The Morgan fingerprint density at radius 3 is 2.88 bits per heavy atom. The number of carbonyl (C=O) groups is 1.